The van der Waals surface area contributed by atoms with Crippen molar-refractivity contribution in [3.8, 4) is 0 Å². The molecular weight excluding hydrogens is 238 g/mol. The summed E-state index contributed by atoms with van der Waals surface area (Å²) in [5, 5.41) is 7.94. The van der Waals surface area contributed by atoms with Crippen LogP contribution in [0.2, 0.25) is 0 Å². The lowest BCUT2D eigenvalue weighted by Crippen LogP contribution is -2.17. The Morgan fingerprint density at radius 1 is 1.21 bits per heavy atom. The van der Waals surface area contributed by atoms with Gasteiger partial charge in [0.2, 0.25) is 0 Å². The molecule has 0 aliphatic rings. The molecule has 0 fully saturated rings. The molecule has 0 aromatic carbocycles. The highest BCUT2D eigenvalue weighted by molar-refractivity contribution is 5.10. The highest BCUT2D eigenvalue weighted by Gasteiger charge is 2.05. The van der Waals surface area contributed by atoms with E-state index in [2.05, 4.69) is 45.0 Å². The molecule has 5 heteroatoms. The summed E-state index contributed by atoms with van der Waals surface area (Å²) >= 11 is 0. The van der Waals surface area contributed by atoms with Gasteiger partial charge in [-0.2, -0.15) is 5.10 Å². The van der Waals surface area contributed by atoms with E-state index in [4.69, 9.17) is 0 Å². The van der Waals surface area contributed by atoms with E-state index < -0.39 is 0 Å². The van der Waals surface area contributed by atoms with Crippen LogP contribution in [0, 0.1) is 6.92 Å². The number of hydrogen-bond donors (Lipinski definition) is 1. The maximum atomic E-state index is 4.54. The molecule has 2 rings (SSSR count). The van der Waals surface area contributed by atoms with Crippen molar-refractivity contribution < 1.29 is 0 Å². The molecule has 0 aliphatic carbocycles. The third-order valence-electron chi connectivity index (χ3n) is 3.02. The maximum absolute atomic E-state index is 4.54. The average molecular weight is 259 g/mol. The predicted molar refractivity (Wildman–Crippen MR) is 74.6 cm³/mol. The summed E-state index contributed by atoms with van der Waals surface area (Å²) in [6.45, 7) is 8.61. The van der Waals surface area contributed by atoms with Gasteiger partial charge in [0.05, 0.1) is 17.1 Å². The van der Waals surface area contributed by atoms with Gasteiger partial charge < -0.3 is 5.32 Å². The lowest BCUT2D eigenvalue weighted by atomic mass is 10.3. The molecule has 19 heavy (non-hydrogen) atoms. The Morgan fingerprint density at radius 2 is 2.05 bits per heavy atom. The van der Waals surface area contributed by atoms with Crippen molar-refractivity contribution in [2.75, 3.05) is 0 Å². The zero-order chi connectivity index (χ0) is 13.7. The fraction of sp³-hybridized carbons (Fsp3) is 0.500. The molecule has 2 heterocycles. The highest BCUT2D eigenvalue weighted by atomic mass is 15.3. The Kier molecular flexibility index (Phi) is 4.63. The van der Waals surface area contributed by atoms with Crippen LogP contribution in [0.1, 0.15) is 36.8 Å². The maximum Gasteiger partial charge on any atom is 0.125 e. The van der Waals surface area contributed by atoms with Crippen molar-refractivity contribution in [3.63, 3.8) is 0 Å². The van der Waals surface area contributed by atoms with Gasteiger partial charge in [0.25, 0.3) is 0 Å². The summed E-state index contributed by atoms with van der Waals surface area (Å²) in [5.41, 5.74) is 3.40. The highest BCUT2D eigenvalue weighted by Crippen LogP contribution is 2.05. The van der Waals surface area contributed by atoms with Gasteiger partial charge in [0.15, 0.2) is 0 Å². The minimum absolute atomic E-state index is 0.750. The van der Waals surface area contributed by atoms with Crippen LogP contribution >= 0.6 is 0 Å². The van der Waals surface area contributed by atoms with E-state index in [0.29, 0.717) is 0 Å². The molecular formula is C14H21N5. The lowest BCUT2D eigenvalue weighted by molar-refractivity contribution is 0.574. The van der Waals surface area contributed by atoms with Crippen molar-refractivity contribution >= 4 is 0 Å². The van der Waals surface area contributed by atoms with E-state index in [1.54, 1.807) is 6.20 Å². The molecule has 0 saturated carbocycles. The van der Waals surface area contributed by atoms with Crippen LogP contribution in [0.5, 0.6) is 0 Å². The molecule has 5 nitrogen and oxygen atoms in total. The van der Waals surface area contributed by atoms with E-state index in [0.717, 1.165) is 43.3 Å². The first kappa shape index (κ1) is 13.7. The van der Waals surface area contributed by atoms with Gasteiger partial charge in [-0.3, -0.25) is 4.68 Å². The second-order valence-corrected chi connectivity index (χ2v) is 4.50. The molecule has 102 valence electrons. The largest absolute Gasteiger partial charge is 0.306 e. The van der Waals surface area contributed by atoms with Crippen LogP contribution in [-0.2, 0) is 26.1 Å². The third-order valence-corrected chi connectivity index (χ3v) is 3.02. The Hall–Kier alpha value is -1.75. The molecule has 0 atom stereocenters. The number of nitrogens with zero attached hydrogens (tertiary/aromatic N) is 4. The van der Waals surface area contributed by atoms with Crippen molar-refractivity contribution in [3.05, 3.63) is 41.2 Å². The second kappa shape index (κ2) is 6.43. The molecule has 2 aromatic rings. The zero-order valence-electron chi connectivity index (χ0n) is 11.8. The van der Waals surface area contributed by atoms with Crippen molar-refractivity contribution in [1.82, 2.24) is 25.1 Å². The number of aromatic nitrogens is 4. The van der Waals surface area contributed by atoms with Gasteiger partial charge >= 0.3 is 0 Å². The van der Waals surface area contributed by atoms with Crippen LogP contribution < -0.4 is 5.32 Å². The van der Waals surface area contributed by atoms with E-state index in [-0.39, 0.29) is 0 Å². The quantitative estimate of drug-likeness (QED) is 0.860. The van der Waals surface area contributed by atoms with Gasteiger partial charge in [0.1, 0.15) is 5.82 Å². The summed E-state index contributed by atoms with van der Waals surface area (Å²) in [7, 11) is 0. The van der Waals surface area contributed by atoms with Crippen LogP contribution in [0.3, 0.4) is 0 Å². The summed E-state index contributed by atoms with van der Waals surface area (Å²) < 4.78 is 2.05. The van der Waals surface area contributed by atoms with E-state index >= 15 is 0 Å². The topological polar surface area (TPSA) is 55.6 Å². The number of rotatable bonds is 6. The fourth-order valence-electron chi connectivity index (χ4n) is 2.03. The van der Waals surface area contributed by atoms with Gasteiger partial charge in [-0.05, 0) is 32.4 Å². The Balaban J connectivity index is 1.93. The van der Waals surface area contributed by atoms with Crippen molar-refractivity contribution in [2.45, 2.75) is 46.8 Å². The monoisotopic (exact) mass is 259 g/mol. The Morgan fingerprint density at radius 3 is 2.74 bits per heavy atom. The Bertz CT molecular complexity index is 532. The molecule has 0 aliphatic heterocycles. The predicted octanol–water partition coefficient (Wildman–Crippen LogP) is 1.85. The van der Waals surface area contributed by atoms with Gasteiger partial charge in [-0.25, -0.2) is 9.97 Å². The molecule has 0 bridgehead atoms. The summed E-state index contributed by atoms with van der Waals surface area (Å²) in [6.07, 6.45) is 2.77. The van der Waals surface area contributed by atoms with Crippen LogP contribution in [0.4, 0.5) is 0 Å². The lowest BCUT2D eigenvalue weighted by Gasteiger charge is -2.06. The van der Waals surface area contributed by atoms with E-state index in [1.165, 1.54) is 5.69 Å². The first-order valence-electron chi connectivity index (χ1n) is 6.77. The first-order chi connectivity index (χ1) is 9.22. The van der Waals surface area contributed by atoms with Gasteiger partial charge in [-0.15, -0.1) is 0 Å². The molecule has 0 radical (unpaired) electrons. The average Bonchev–Trinajstić information content (AvgIpc) is 2.81. The molecule has 0 saturated heterocycles. The summed E-state index contributed by atoms with van der Waals surface area (Å²) in [4.78, 5) is 8.47. The number of nitrogens with one attached hydrogen (secondary N) is 1. The molecule has 0 spiro atoms. The smallest absolute Gasteiger partial charge is 0.125 e. The summed E-state index contributed by atoms with van der Waals surface area (Å²) in [6, 6.07) is 4.11. The van der Waals surface area contributed by atoms with Gasteiger partial charge in [-0.1, -0.05) is 6.92 Å². The van der Waals surface area contributed by atoms with Crippen LogP contribution in [0.15, 0.2) is 18.3 Å². The summed E-state index contributed by atoms with van der Waals surface area (Å²) in [5.74, 6) is 0.811. The molecule has 0 unspecified atom stereocenters. The SMILES string of the molecule is CCc1cc(CNCc2ccnc(C)n2)n(CC)n1. The number of aryl methyl sites for hydroxylation is 3. The third kappa shape index (κ3) is 3.61. The standard InChI is InChI=1S/C14H21N5/c1-4-12-8-14(19(5-2)18-12)10-15-9-13-6-7-16-11(3)17-13/h6-8,15H,4-5,9-10H2,1-3H3. The normalized spacial score (nSPS) is 10.9. The Labute approximate surface area is 114 Å². The minimum atomic E-state index is 0.750. The van der Waals surface area contributed by atoms with Crippen LogP contribution in [0.25, 0.3) is 0 Å². The molecule has 1 N–H and O–H groups in total. The van der Waals surface area contributed by atoms with E-state index in [9.17, 15) is 0 Å². The van der Waals surface area contributed by atoms with Crippen molar-refractivity contribution in [1.29, 1.82) is 0 Å². The molecule has 0 amide bonds. The fourth-order valence-corrected chi connectivity index (χ4v) is 2.03. The minimum Gasteiger partial charge on any atom is -0.306 e. The first-order valence-corrected chi connectivity index (χ1v) is 6.77. The van der Waals surface area contributed by atoms with Crippen LogP contribution in [-0.4, -0.2) is 19.7 Å². The number of hydrogen-bond acceptors (Lipinski definition) is 4. The van der Waals surface area contributed by atoms with E-state index in [1.807, 2.05) is 13.0 Å². The second-order valence-electron chi connectivity index (χ2n) is 4.50. The zero-order valence-corrected chi connectivity index (χ0v) is 11.8. The molecule has 2 aromatic heterocycles. The van der Waals surface area contributed by atoms with Crippen molar-refractivity contribution in [2.24, 2.45) is 0 Å². The van der Waals surface area contributed by atoms with Gasteiger partial charge in [0, 0.05) is 25.8 Å².